The number of halogens is 1. The molecule has 1 saturated heterocycles. The number of hydrogen-bond donors (Lipinski definition) is 3. The Morgan fingerprint density at radius 2 is 2.32 bits per heavy atom. The summed E-state index contributed by atoms with van der Waals surface area (Å²) in [7, 11) is 0. The number of aromatic nitrogens is 2. The Morgan fingerprint density at radius 3 is 2.91 bits per heavy atom. The second-order valence-corrected chi connectivity index (χ2v) is 6.12. The molecular formula is C13H13FN4O3S. The normalized spacial score (nSPS) is 34.9. The molecule has 22 heavy (non-hydrogen) atoms. The van der Waals surface area contributed by atoms with Crippen LogP contribution in [0.4, 0.5) is 10.2 Å². The lowest BCUT2D eigenvalue weighted by Crippen LogP contribution is -2.47. The van der Waals surface area contributed by atoms with Crippen molar-refractivity contribution < 1.29 is 19.3 Å². The average molecular weight is 324 g/mol. The molecule has 0 bridgehead atoms. The number of thiophene rings is 1. The van der Waals surface area contributed by atoms with Crippen LogP contribution in [0.3, 0.4) is 0 Å². The third kappa shape index (κ3) is 1.69. The van der Waals surface area contributed by atoms with E-state index in [0.29, 0.717) is 10.9 Å². The first kappa shape index (κ1) is 15.1. The second kappa shape index (κ2) is 4.82. The smallest absolute Gasteiger partial charge is 0.227 e. The van der Waals surface area contributed by atoms with E-state index in [4.69, 9.17) is 10.5 Å². The Balaban J connectivity index is 2.27. The van der Waals surface area contributed by atoms with Crippen LogP contribution in [0, 0.1) is 11.3 Å². The summed E-state index contributed by atoms with van der Waals surface area (Å²) in [6.07, 6.45) is -1.64. The number of rotatable bonds is 2. The second-order valence-electron chi connectivity index (χ2n) is 5.24. The fourth-order valence-corrected chi connectivity index (χ4v) is 3.89. The number of hydrogen-bond acceptors (Lipinski definition) is 8. The van der Waals surface area contributed by atoms with Gasteiger partial charge in [0, 0.05) is 5.38 Å². The molecule has 0 amide bonds. The Morgan fingerprint density at radius 1 is 1.59 bits per heavy atom. The Hall–Kier alpha value is -1.86. The lowest BCUT2D eigenvalue weighted by atomic mass is 9.82. The first-order chi connectivity index (χ1) is 10.4. The summed E-state index contributed by atoms with van der Waals surface area (Å²) in [5, 5.41) is 31.0. The van der Waals surface area contributed by atoms with Crippen LogP contribution in [0.5, 0.6) is 0 Å². The van der Waals surface area contributed by atoms with Crippen molar-refractivity contribution in [2.45, 2.75) is 30.4 Å². The molecule has 4 atom stereocenters. The van der Waals surface area contributed by atoms with Crippen molar-refractivity contribution >= 4 is 28.1 Å². The SMILES string of the molecule is C[C@@]1(F)[C@H](O)[C@@H](CO)O[C@@]1(C#N)c1scc2c(N)ncnc12. The van der Waals surface area contributed by atoms with E-state index in [9.17, 15) is 15.5 Å². The predicted molar refractivity (Wildman–Crippen MR) is 76.6 cm³/mol. The summed E-state index contributed by atoms with van der Waals surface area (Å²) in [6.45, 7) is 0.469. The molecular weight excluding hydrogens is 311 g/mol. The van der Waals surface area contributed by atoms with E-state index in [0.717, 1.165) is 18.3 Å². The van der Waals surface area contributed by atoms with Crippen molar-refractivity contribution in [1.82, 2.24) is 9.97 Å². The quantitative estimate of drug-likeness (QED) is 0.733. The van der Waals surface area contributed by atoms with Crippen LogP contribution in [0.1, 0.15) is 11.8 Å². The van der Waals surface area contributed by atoms with E-state index in [1.807, 2.05) is 6.07 Å². The van der Waals surface area contributed by atoms with Crippen LogP contribution in [-0.2, 0) is 10.3 Å². The standard InChI is InChI=1S/C13H13FN4O3S/c1-12(14)9(20)7(2-19)21-13(12,4-15)10-8-6(3-22-10)11(16)18-5-17-8/h3,5,7,9,19-20H,2H2,1H3,(H2,16,17,18)/t7-,9-,12-,13+/m1/s1. The van der Waals surface area contributed by atoms with E-state index in [1.54, 1.807) is 5.38 Å². The Labute approximate surface area is 128 Å². The fourth-order valence-electron chi connectivity index (χ4n) is 2.69. The molecule has 2 aromatic heterocycles. The first-order valence-electron chi connectivity index (χ1n) is 6.44. The van der Waals surface area contributed by atoms with Gasteiger partial charge in [0.15, 0.2) is 5.67 Å². The maximum Gasteiger partial charge on any atom is 0.227 e. The number of nitrogens with two attached hydrogens (primary N) is 1. The minimum Gasteiger partial charge on any atom is -0.394 e. The largest absolute Gasteiger partial charge is 0.394 e. The van der Waals surface area contributed by atoms with E-state index in [1.165, 1.54) is 6.33 Å². The van der Waals surface area contributed by atoms with Gasteiger partial charge >= 0.3 is 0 Å². The lowest BCUT2D eigenvalue weighted by Gasteiger charge is -2.30. The lowest BCUT2D eigenvalue weighted by molar-refractivity contribution is -0.0654. The van der Waals surface area contributed by atoms with Gasteiger partial charge in [-0.05, 0) is 6.92 Å². The molecule has 2 aromatic rings. The summed E-state index contributed by atoms with van der Waals surface area (Å²) in [5.41, 5.74) is 1.55. The maximum absolute atomic E-state index is 15.2. The Kier molecular flexibility index (Phi) is 3.30. The fraction of sp³-hybridized carbons (Fsp3) is 0.462. The molecule has 4 N–H and O–H groups in total. The number of aliphatic hydroxyl groups excluding tert-OH is 2. The number of nitriles is 1. The zero-order chi connectivity index (χ0) is 16.1. The van der Waals surface area contributed by atoms with Gasteiger partial charge in [0.1, 0.15) is 30.4 Å². The van der Waals surface area contributed by atoms with Gasteiger partial charge in [-0.3, -0.25) is 0 Å². The molecule has 0 aliphatic carbocycles. The highest BCUT2D eigenvalue weighted by Crippen LogP contribution is 2.52. The molecule has 1 fully saturated rings. The minimum absolute atomic E-state index is 0.194. The van der Waals surface area contributed by atoms with Crippen molar-refractivity contribution in [1.29, 1.82) is 5.26 Å². The molecule has 0 spiro atoms. The zero-order valence-corrected chi connectivity index (χ0v) is 12.3. The highest BCUT2D eigenvalue weighted by atomic mass is 32.1. The summed E-state index contributed by atoms with van der Waals surface area (Å²) < 4.78 is 20.6. The van der Waals surface area contributed by atoms with Crippen LogP contribution >= 0.6 is 11.3 Å². The number of nitrogen functional groups attached to an aromatic ring is 1. The van der Waals surface area contributed by atoms with E-state index in [2.05, 4.69) is 9.97 Å². The molecule has 0 radical (unpaired) electrons. The molecule has 9 heteroatoms. The molecule has 1 aliphatic heterocycles. The van der Waals surface area contributed by atoms with Crippen molar-refractivity contribution in [2.75, 3.05) is 12.3 Å². The van der Waals surface area contributed by atoms with E-state index in [-0.39, 0.29) is 10.7 Å². The van der Waals surface area contributed by atoms with Gasteiger partial charge < -0.3 is 20.7 Å². The molecule has 0 saturated carbocycles. The molecule has 0 unspecified atom stereocenters. The number of nitrogens with zero attached hydrogens (tertiary/aromatic N) is 3. The topological polar surface area (TPSA) is 125 Å². The van der Waals surface area contributed by atoms with Gasteiger partial charge in [-0.15, -0.1) is 11.3 Å². The van der Waals surface area contributed by atoms with Crippen LogP contribution in [0.25, 0.3) is 10.9 Å². The van der Waals surface area contributed by atoms with Crippen molar-refractivity contribution in [3.8, 4) is 6.07 Å². The number of alkyl halides is 1. The van der Waals surface area contributed by atoms with Crippen molar-refractivity contribution in [2.24, 2.45) is 0 Å². The number of anilines is 1. The summed E-state index contributed by atoms with van der Waals surface area (Å²) >= 11 is 1.05. The summed E-state index contributed by atoms with van der Waals surface area (Å²) in [4.78, 5) is 8.10. The third-order valence-electron chi connectivity index (χ3n) is 4.01. The van der Waals surface area contributed by atoms with Gasteiger partial charge in [0.25, 0.3) is 0 Å². The number of aliphatic hydroxyl groups is 2. The molecule has 116 valence electrons. The molecule has 7 nitrogen and oxygen atoms in total. The molecule has 0 aromatic carbocycles. The number of fused-ring (bicyclic) bond motifs is 1. The minimum atomic E-state index is -2.42. The van der Waals surface area contributed by atoms with Crippen molar-refractivity contribution in [3.05, 3.63) is 16.6 Å². The third-order valence-corrected chi connectivity index (χ3v) is 5.08. The van der Waals surface area contributed by atoms with Gasteiger partial charge in [0.05, 0.1) is 22.4 Å². The van der Waals surface area contributed by atoms with Crippen LogP contribution in [-0.4, -0.2) is 44.7 Å². The van der Waals surface area contributed by atoms with Gasteiger partial charge in [-0.1, -0.05) is 0 Å². The van der Waals surface area contributed by atoms with Crippen molar-refractivity contribution in [3.63, 3.8) is 0 Å². The van der Waals surface area contributed by atoms with Crippen LogP contribution in [0.2, 0.25) is 0 Å². The zero-order valence-electron chi connectivity index (χ0n) is 11.5. The number of ether oxygens (including phenoxy) is 1. The first-order valence-corrected chi connectivity index (χ1v) is 7.32. The highest BCUT2D eigenvalue weighted by molar-refractivity contribution is 7.11. The summed E-state index contributed by atoms with van der Waals surface area (Å²) in [6, 6.07) is 1.82. The monoisotopic (exact) mass is 324 g/mol. The van der Waals surface area contributed by atoms with Gasteiger partial charge in [-0.25, -0.2) is 14.4 Å². The van der Waals surface area contributed by atoms with E-state index >= 15 is 4.39 Å². The summed E-state index contributed by atoms with van der Waals surface area (Å²) in [5.74, 6) is 0.207. The van der Waals surface area contributed by atoms with Gasteiger partial charge in [-0.2, -0.15) is 5.26 Å². The molecule has 1 aliphatic rings. The van der Waals surface area contributed by atoms with E-state index < -0.39 is 30.1 Å². The molecule has 3 heterocycles. The Bertz CT molecular complexity index is 774. The highest BCUT2D eigenvalue weighted by Gasteiger charge is 2.66. The van der Waals surface area contributed by atoms with Crippen LogP contribution in [0.15, 0.2) is 11.7 Å². The maximum atomic E-state index is 15.2. The molecule has 3 rings (SSSR count). The van der Waals surface area contributed by atoms with Crippen LogP contribution < -0.4 is 5.73 Å². The average Bonchev–Trinajstić information content (AvgIpc) is 3.01. The van der Waals surface area contributed by atoms with Gasteiger partial charge in [0.2, 0.25) is 5.60 Å². The predicted octanol–water partition coefficient (Wildman–Crippen LogP) is 0.473.